The predicted molar refractivity (Wildman–Crippen MR) is 73.7 cm³/mol. The minimum atomic E-state index is -0.312. The Morgan fingerprint density at radius 2 is 2.05 bits per heavy atom. The molecule has 3 rings (SSSR count). The molecule has 4 heteroatoms. The van der Waals surface area contributed by atoms with Crippen molar-refractivity contribution in [2.45, 2.75) is 18.9 Å². The van der Waals surface area contributed by atoms with Crippen molar-refractivity contribution < 1.29 is 9.18 Å². The third-order valence-electron chi connectivity index (χ3n) is 3.48. The first-order chi connectivity index (χ1) is 9.25. The molecule has 19 heavy (non-hydrogen) atoms. The number of benzene rings is 1. The third kappa shape index (κ3) is 2.40. The highest BCUT2D eigenvalue weighted by atomic mass is 32.1. The highest BCUT2D eigenvalue weighted by Crippen LogP contribution is 2.35. The summed E-state index contributed by atoms with van der Waals surface area (Å²) in [7, 11) is 0. The Morgan fingerprint density at radius 1 is 1.26 bits per heavy atom. The first-order valence-corrected chi connectivity index (χ1v) is 7.23. The van der Waals surface area contributed by atoms with Gasteiger partial charge in [-0.3, -0.25) is 4.79 Å². The molecule has 1 aliphatic rings. The third-order valence-corrected chi connectivity index (χ3v) is 4.45. The van der Waals surface area contributed by atoms with E-state index in [0.717, 1.165) is 19.4 Å². The van der Waals surface area contributed by atoms with E-state index in [1.165, 1.54) is 17.0 Å². The van der Waals surface area contributed by atoms with E-state index in [1.807, 2.05) is 16.3 Å². The Labute approximate surface area is 115 Å². The number of rotatable bonds is 2. The van der Waals surface area contributed by atoms with Crippen molar-refractivity contribution in [2.24, 2.45) is 0 Å². The van der Waals surface area contributed by atoms with Crippen molar-refractivity contribution in [1.82, 2.24) is 4.90 Å². The summed E-state index contributed by atoms with van der Waals surface area (Å²) in [5, 5.41) is 2.04. The Balaban J connectivity index is 1.84. The summed E-state index contributed by atoms with van der Waals surface area (Å²) in [5.74, 6) is -0.316. The van der Waals surface area contributed by atoms with Crippen LogP contribution in [0.15, 0.2) is 41.8 Å². The average molecular weight is 275 g/mol. The van der Waals surface area contributed by atoms with Crippen LogP contribution in [0.1, 0.15) is 34.1 Å². The number of thiophene rings is 1. The molecule has 0 spiro atoms. The summed E-state index contributed by atoms with van der Waals surface area (Å²) < 4.78 is 12.9. The van der Waals surface area contributed by atoms with Crippen LogP contribution in [0.5, 0.6) is 0 Å². The summed E-state index contributed by atoms with van der Waals surface area (Å²) in [6.45, 7) is 0.777. The van der Waals surface area contributed by atoms with Crippen LogP contribution in [0, 0.1) is 5.82 Å². The van der Waals surface area contributed by atoms with E-state index in [4.69, 9.17) is 0 Å². The first-order valence-electron chi connectivity index (χ1n) is 6.35. The Bertz CT molecular complexity index is 564. The number of carbonyl (C=O) groups is 1. The molecule has 0 bridgehead atoms. The van der Waals surface area contributed by atoms with Crippen molar-refractivity contribution in [3.63, 3.8) is 0 Å². The van der Waals surface area contributed by atoms with Crippen molar-refractivity contribution in [3.05, 3.63) is 58.0 Å². The monoisotopic (exact) mass is 275 g/mol. The second-order valence-electron chi connectivity index (χ2n) is 4.68. The smallest absolute Gasteiger partial charge is 0.254 e. The molecule has 98 valence electrons. The van der Waals surface area contributed by atoms with Gasteiger partial charge in [0.05, 0.1) is 6.04 Å². The van der Waals surface area contributed by atoms with E-state index < -0.39 is 0 Å². The van der Waals surface area contributed by atoms with E-state index in [-0.39, 0.29) is 17.8 Å². The molecule has 1 aromatic heterocycles. The molecule has 1 aliphatic heterocycles. The van der Waals surface area contributed by atoms with E-state index in [2.05, 4.69) is 6.07 Å². The van der Waals surface area contributed by atoms with Gasteiger partial charge in [-0.15, -0.1) is 11.3 Å². The maximum Gasteiger partial charge on any atom is 0.254 e. The van der Waals surface area contributed by atoms with Crippen LogP contribution in [0.4, 0.5) is 4.39 Å². The van der Waals surface area contributed by atoms with Crippen molar-refractivity contribution >= 4 is 17.2 Å². The molecule has 1 aromatic carbocycles. The van der Waals surface area contributed by atoms with Gasteiger partial charge in [-0.25, -0.2) is 4.39 Å². The zero-order valence-electron chi connectivity index (χ0n) is 10.4. The number of nitrogens with zero attached hydrogens (tertiary/aromatic N) is 1. The van der Waals surface area contributed by atoms with Gasteiger partial charge in [-0.1, -0.05) is 6.07 Å². The molecule has 1 atom stereocenters. The van der Waals surface area contributed by atoms with E-state index in [0.29, 0.717) is 5.56 Å². The first kappa shape index (κ1) is 12.4. The molecular weight excluding hydrogens is 261 g/mol. The van der Waals surface area contributed by atoms with Crippen molar-refractivity contribution in [2.75, 3.05) is 6.54 Å². The lowest BCUT2D eigenvalue weighted by Gasteiger charge is -2.24. The minimum Gasteiger partial charge on any atom is -0.331 e. The molecule has 0 N–H and O–H groups in total. The summed E-state index contributed by atoms with van der Waals surface area (Å²) >= 11 is 1.69. The van der Waals surface area contributed by atoms with E-state index >= 15 is 0 Å². The van der Waals surface area contributed by atoms with Crippen LogP contribution in [0.3, 0.4) is 0 Å². The number of carbonyl (C=O) groups excluding carboxylic acids is 1. The van der Waals surface area contributed by atoms with E-state index in [1.54, 1.807) is 23.5 Å². The van der Waals surface area contributed by atoms with Crippen LogP contribution in [0.2, 0.25) is 0 Å². The average Bonchev–Trinajstić information content (AvgIpc) is 3.09. The van der Waals surface area contributed by atoms with Gasteiger partial charge in [-0.2, -0.15) is 0 Å². The summed E-state index contributed by atoms with van der Waals surface area (Å²) in [4.78, 5) is 15.6. The number of amides is 1. The number of hydrogen-bond acceptors (Lipinski definition) is 2. The summed E-state index contributed by atoms with van der Waals surface area (Å²) in [6, 6.07) is 10.1. The fourth-order valence-electron chi connectivity index (χ4n) is 2.54. The quantitative estimate of drug-likeness (QED) is 0.815. The van der Waals surface area contributed by atoms with Crippen LogP contribution in [-0.4, -0.2) is 17.4 Å². The molecule has 1 saturated heterocycles. The zero-order chi connectivity index (χ0) is 13.2. The maximum atomic E-state index is 12.9. The van der Waals surface area contributed by atoms with E-state index in [9.17, 15) is 9.18 Å². The van der Waals surface area contributed by atoms with Gasteiger partial charge < -0.3 is 4.90 Å². The second kappa shape index (κ2) is 5.13. The normalized spacial score (nSPS) is 18.8. The topological polar surface area (TPSA) is 20.3 Å². The molecule has 0 radical (unpaired) electrons. The maximum absolute atomic E-state index is 12.9. The van der Waals surface area contributed by atoms with Gasteiger partial charge in [0.25, 0.3) is 5.91 Å². The van der Waals surface area contributed by atoms with Crippen molar-refractivity contribution in [1.29, 1.82) is 0 Å². The number of likely N-dealkylation sites (tertiary alicyclic amines) is 1. The molecule has 0 aliphatic carbocycles. The second-order valence-corrected chi connectivity index (χ2v) is 5.66. The molecule has 0 unspecified atom stereocenters. The standard InChI is InChI=1S/C15H14FNOS/c16-12-7-5-11(6-8-12)15(18)17-9-1-3-13(17)14-4-2-10-19-14/h2,4-8,10,13H,1,3,9H2/t13-/m1/s1. The molecule has 2 heterocycles. The van der Waals surface area contributed by atoms with Gasteiger partial charge in [0, 0.05) is 17.0 Å². The SMILES string of the molecule is O=C(c1ccc(F)cc1)N1CCC[C@@H]1c1cccs1. The molecule has 2 aromatic rings. The highest BCUT2D eigenvalue weighted by Gasteiger charge is 2.31. The number of hydrogen-bond donors (Lipinski definition) is 0. The Kier molecular flexibility index (Phi) is 3.34. The Hall–Kier alpha value is -1.68. The van der Waals surface area contributed by atoms with Crippen LogP contribution in [0.25, 0.3) is 0 Å². The molecular formula is C15H14FNOS. The fraction of sp³-hybridized carbons (Fsp3) is 0.267. The lowest BCUT2D eigenvalue weighted by molar-refractivity contribution is 0.0738. The van der Waals surface area contributed by atoms with Gasteiger partial charge in [0.2, 0.25) is 0 Å². The van der Waals surface area contributed by atoms with Gasteiger partial charge in [0.15, 0.2) is 0 Å². The lowest BCUT2D eigenvalue weighted by atomic mass is 10.1. The highest BCUT2D eigenvalue weighted by molar-refractivity contribution is 7.10. The minimum absolute atomic E-state index is 0.00380. The summed E-state index contributed by atoms with van der Waals surface area (Å²) in [6.07, 6.45) is 2.03. The summed E-state index contributed by atoms with van der Waals surface area (Å²) in [5.41, 5.74) is 0.560. The van der Waals surface area contributed by atoms with Crippen LogP contribution < -0.4 is 0 Å². The van der Waals surface area contributed by atoms with Gasteiger partial charge in [0.1, 0.15) is 5.82 Å². The predicted octanol–water partition coefficient (Wildman–Crippen LogP) is 3.86. The zero-order valence-corrected chi connectivity index (χ0v) is 11.2. The molecule has 2 nitrogen and oxygen atoms in total. The van der Waals surface area contributed by atoms with Gasteiger partial charge >= 0.3 is 0 Å². The number of halogens is 1. The lowest BCUT2D eigenvalue weighted by Crippen LogP contribution is -2.30. The van der Waals surface area contributed by atoms with Crippen LogP contribution in [-0.2, 0) is 0 Å². The fourth-order valence-corrected chi connectivity index (χ4v) is 3.42. The van der Waals surface area contributed by atoms with Gasteiger partial charge in [-0.05, 0) is 48.6 Å². The molecule has 0 saturated carbocycles. The largest absolute Gasteiger partial charge is 0.331 e. The van der Waals surface area contributed by atoms with Crippen molar-refractivity contribution in [3.8, 4) is 0 Å². The molecule has 1 amide bonds. The molecule has 1 fully saturated rings. The van der Waals surface area contributed by atoms with Crippen LogP contribution >= 0.6 is 11.3 Å². The Morgan fingerprint density at radius 3 is 2.74 bits per heavy atom.